The molecule has 0 saturated carbocycles. The fourth-order valence-electron chi connectivity index (χ4n) is 1.74. The smallest absolute Gasteiger partial charge is 0.276 e. The Kier molecular flexibility index (Phi) is 3.96. The van der Waals surface area contributed by atoms with Crippen molar-refractivity contribution < 1.29 is 4.79 Å². The van der Waals surface area contributed by atoms with Gasteiger partial charge in [0.15, 0.2) is 0 Å². The lowest BCUT2D eigenvalue weighted by Crippen LogP contribution is -2.27. The Bertz CT molecular complexity index is 658. The number of amides is 1. The highest BCUT2D eigenvalue weighted by atomic mass is 16.2. The summed E-state index contributed by atoms with van der Waals surface area (Å²) in [7, 11) is 3.45. The Morgan fingerprint density at radius 2 is 2.15 bits per heavy atom. The van der Waals surface area contributed by atoms with Crippen LogP contribution in [0.15, 0.2) is 42.6 Å². The monoisotopic (exact) mass is 266 g/mol. The van der Waals surface area contributed by atoms with Crippen LogP contribution in [0.4, 0.5) is 11.4 Å². The van der Waals surface area contributed by atoms with Gasteiger partial charge in [0.1, 0.15) is 5.69 Å². The molecule has 0 unspecified atom stereocenters. The normalized spacial score (nSPS) is 9.65. The van der Waals surface area contributed by atoms with Gasteiger partial charge in [-0.05, 0) is 30.3 Å². The van der Waals surface area contributed by atoms with E-state index in [2.05, 4.69) is 16.4 Å². The number of carbonyl (C=O) groups is 1. The lowest BCUT2D eigenvalue weighted by molar-refractivity contribution is 0.0988. The van der Waals surface area contributed by atoms with Crippen molar-refractivity contribution in [2.24, 2.45) is 0 Å². The second-order valence-electron chi connectivity index (χ2n) is 4.21. The lowest BCUT2D eigenvalue weighted by Gasteiger charge is -2.17. The van der Waals surface area contributed by atoms with Crippen molar-refractivity contribution in [3.05, 3.63) is 53.9 Å². The van der Waals surface area contributed by atoms with Crippen molar-refractivity contribution in [3.8, 4) is 6.07 Å². The van der Waals surface area contributed by atoms with Crippen LogP contribution in [0.2, 0.25) is 0 Å². The van der Waals surface area contributed by atoms with Crippen LogP contribution in [-0.4, -0.2) is 25.0 Å². The molecule has 0 fully saturated rings. The first-order chi connectivity index (χ1) is 9.65. The standard InChI is InChI=1S/C15H14N4O/c1-17-12-6-7-14(18-10-12)15(20)19(2)13-5-3-4-11(8-13)9-16/h3-8,10,17H,1-2H3. The third-order valence-electron chi connectivity index (χ3n) is 2.94. The van der Waals surface area contributed by atoms with E-state index in [1.165, 1.54) is 4.90 Å². The van der Waals surface area contributed by atoms with Crippen LogP contribution in [0.5, 0.6) is 0 Å². The maximum atomic E-state index is 12.3. The average molecular weight is 266 g/mol. The van der Waals surface area contributed by atoms with Crippen molar-refractivity contribution in [1.82, 2.24) is 4.98 Å². The molecule has 20 heavy (non-hydrogen) atoms. The van der Waals surface area contributed by atoms with Gasteiger partial charge in [0, 0.05) is 19.8 Å². The van der Waals surface area contributed by atoms with Crippen LogP contribution < -0.4 is 10.2 Å². The molecule has 1 heterocycles. The molecule has 1 aromatic heterocycles. The van der Waals surface area contributed by atoms with E-state index in [9.17, 15) is 4.79 Å². The molecule has 0 spiro atoms. The number of benzene rings is 1. The van der Waals surface area contributed by atoms with Gasteiger partial charge in [-0.25, -0.2) is 4.98 Å². The molecule has 2 aromatic rings. The summed E-state index contributed by atoms with van der Waals surface area (Å²) >= 11 is 0. The van der Waals surface area contributed by atoms with Crippen LogP contribution in [0.3, 0.4) is 0 Å². The Morgan fingerprint density at radius 3 is 2.75 bits per heavy atom. The molecular formula is C15H14N4O. The first kappa shape index (κ1) is 13.6. The molecule has 0 radical (unpaired) electrons. The molecule has 100 valence electrons. The number of anilines is 2. The van der Waals surface area contributed by atoms with Crippen molar-refractivity contribution in [3.63, 3.8) is 0 Å². The third-order valence-corrected chi connectivity index (χ3v) is 2.94. The lowest BCUT2D eigenvalue weighted by atomic mass is 10.2. The summed E-state index contributed by atoms with van der Waals surface area (Å²) in [5.41, 5.74) is 2.37. The van der Waals surface area contributed by atoms with Gasteiger partial charge in [0.2, 0.25) is 0 Å². The molecule has 0 saturated heterocycles. The van der Waals surface area contributed by atoms with E-state index in [0.717, 1.165) is 5.69 Å². The summed E-state index contributed by atoms with van der Waals surface area (Å²) in [6.45, 7) is 0. The Labute approximate surface area is 117 Å². The second kappa shape index (κ2) is 5.85. The van der Waals surface area contributed by atoms with E-state index in [0.29, 0.717) is 16.9 Å². The Hall–Kier alpha value is -2.87. The Balaban J connectivity index is 2.25. The van der Waals surface area contributed by atoms with E-state index in [-0.39, 0.29) is 5.91 Å². The molecule has 0 aliphatic carbocycles. The SMILES string of the molecule is CNc1ccc(C(=O)N(C)c2cccc(C#N)c2)nc1. The highest BCUT2D eigenvalue weighted by molar-refractivity contribution is 6.04. The van der Waals surface area contributed by atoms with Gasteiger partial charge in [-0.2, -0.15) is 5.26 Å². The van der Waals surface area contributed by atoms with Crippen LogP contribution in [0.25, 0.3) is 0 Å². The van der Waals surface area contributed by atoms with Gasteiger partial charge in [-0.1, -0.05) is 6.07 Å². The number of nitrogens with one attached hydrogen (secondary N) is 1. The van der Waals surface area contributed by atoms with E-state index in [1.54, 1.807) is 56.7 Å². The topological polar surface area (TPSA) is 69.0 Å². The summed E-state index contributed by atoms with van der Waals surface area (Å²) in [4.78, 5) is 17.9. The predicted octanol–water partition coefficient (Wildman–Crippen LogP) is 2.27. The fourth-order valence-corrected chi connectivity index (χ4v) is 1.74. The van der Waals surface area contributed by atoms with Crippen LogP contribution in [-0.2, 0) is 0 Å². The summed E-state index contributed by atoms with van der Waals surface area (Å²) in [5.74, 6) is -0.220. The molecule has 1 aromatic carbocycles. The second-order valence-corrected chi connectivity index (χ2v) is 4.21. The largest absolute Gasteiger partial charge is 0.387 e. The van der Waals surface area contributed by atoms with Gasteiger partial charge < -0.3 is 10.2 Å². The first-order valence-electron chi connectivity index (χ1n) is 6.07. The number of pyridine rings is 1. The van der Waals surface area contributed by atoms with Gasteiger partial charge in [-0.3, -0.25) is 4.79 Å². The van der Waals surface area contributed by atoms with E-state index in [4.69, 9.17) is 5.26 Å². The summed E-state index contributed by atoms with van der Waals surface area (Å²) in [6.07, 6.45) is 1.60. The zero-order chi connectivity index (χ0) is 14.5. The molecule has 0 atom stereocenters. The van der Waals surface area contributed by atoms with Gasteiger partial charge in [0.25, 0.3) is 5.91 Å². The van der Waals surface area contributed by atoms with Gasteiger partial charge >= 0.3 is 0 Å². The minimum Gasteiger partial charge on any atom is -0.387 e. The number of hydrogen-bond donors (Lipinski definition) is 1. The first-order valence-corrected chi connectivity index (χ1v) is 6.07. The van der Waals surface area contributed by atoms with Crippen molar-refractivity contribution in [2.75, 3.05) is 24.3 Å². The van der Waals surface area contributed by atoms with Crippen LogP contribution >= 0.6 is 0 Å². The molecule has 2 rings (SSSR count). The number of carbonyl (C=O) groups excluding carboxylic acids is 1. The van der Waals surface area contributed by atoms with Crippen molar-refractivity contribution in [1.29, 1.82) is 5.26 Å². The number of nitrogens with zero attached hydrogens (tertiary/aromatic N) is 3. The van der Waals surface area contributed by atoms with Crippen LogP contribution in [0.1, 0.15) is 16.1 Å². The molecule has 1 N–H and O–H groups in total. The van der Waals surface area contributed by atoms with Crippen LogP contribution in [0, 0.1) is 11.3 Å². The Morgan fingerprint density at radius 1 is 1.35 bits per heavy atom. The average Bonchev–Trinajstić information content (AvgIpc) is 2.53. The molecule has 0 aliphatic heterocycles. The molecule has 0 aliphatic rings. The molecule has 5 heteroatoms. The molecular weight excluding hydrogens is 252 g/mol. The third kappa shape index (κ3) is 2.75. The molecule has 5 nitrogen and oxygen atoms in total. The summed E-state index contributed by atoms with van der Waals surface area (Å²) in [6, 6.07) is 12.4. The van der Waals surface area contributed by atoms with E-state index >= 15 is 0 Å². The minimum atomic E-state index is -0.220. The maximum absolute atomic E-state index is 12.3. The van der Waals surface area contributed by atoms with Crippen molar-refractivity contribution >= 4 is 17.3 Å². The zero-order valence-electron chi connectivity index (χ0n) is 11.3. The van der Waals surface area contributed by atoms with Gasteiger partial charge in [-0.15, -0.1) is 0 Å². The minimum absolute atomic E-state index is 0.220. The molecule has 1 amide bonds. The number of nitriles is 1. The number of hydrogen-bond acceptors (Lipinski definition) is 4. The molecule has 0 bridgehead atoms. The number of rotatable bonds is 3. The predicted molar refractivity (Wildman–Crippen MR) is 77.7 cm³/mol. The zero-order valence-corrected chi connectivity index (χ0v) is 11.3. The quantitative estimate of drug-likeness (QED) is 0.925. The summed E-state index contributed by atoms with van der Waals surface area (Å²) in [5, 5.41) is 11.8. The van der Waals surface area contributed by atoms with E-state index < -0.39 is 0 Å². The van der Waals surface area contributed by atoms with E-state index in [1.807, 2.05) is 0 Å². The highest BCUT2D eigenvalue weighted by Crippen LogP contribution is 2.17. The maximum Gasteiger partial charge on any atom is 0.276 e. The summed E-state index contributed by atoms with van der Waals surface area (Å²) < 4.78 is 0. The number of aromatic nitrogens is 1. The fraction of sp³-hybridized carbons (Fsp3) is 0.133. The van der Waals surface area contributed by atoms with Crippen molar-refractivity contribution in [2.45, 2.75) is 0 Å². The van der Waals surface area contributed by atoms with Gasteiger partial charge in [0.05, 0.1) is 23.5 Å². The highest BCUT2D eigenvalue weighted by Gasteiger charge is 2.14.